The summed E-state index contributed by atoms with van der Waals surface area (Å²) in [6, 6.07) is 3.62. The topological polar surface area (TPSA) is 110 Å². The van der Waals surface area contributed by atoms with E-state index in [-0.39, 0.29) is 6.42 Å². The van der Waals surface area contributed by atoms with Gasteiger partial charge in [0, 0.05) is 12.5 Å². The molecule has 17 heavy (non-hydrogen) atoms. The average Bonchev–Trinajstić information content (AvgIpc) is 2.30. The van der Waals surface area contributed by atoms with E-state index in [0.29, 0.717) is 5.56 Å². The Bertz CT molecular complexity index is 444. The van der Waals surface area contributed by atoms with Gasteiger partial charge in [0.1, 0.15) is 0 Å². The molecule has 0 heterocycles. The second kappa shape index (κ2) is 5.26. The third-order valence-corrected chi connectivity index (χ3v) is 2.14. The van der Waals surface area contributed by atoms with Crippen molar-refractivity contribution in [1.29, 1.82) is 0 Å². The summed E-state index contributed by atoms with van der Waals surface area (Å²) in [7, 11) is 1.13. The predicted octanol–water partition coefficient (Wildman–Crippen LogP) is 0.377. The van der Waals surface area contributed by atoms with Crippen molar-refractivity contribution in [3.63, 3.8) is 0 Å². The third-order valence-electron chi connectivity index (χ3n) is 2.14. The molecule has 0 aliphatic heterocycles. The highest BCUT2D eigenvalue weighted by molar-refractivity contribution is 5.74. The van der Waals surface area contributed by atoms with Gasteiger partial charge < -0.3 is 14.9 Å². The second-order valence-corrected chi connectivity index (χ2v) is 3.32. The molecule has 1 aromatic rings. The summed E-state index contributed by atoms with van der Waals surface area (Å²) < 4.78 is 4.31. The summed E-state index contributed by atoms with van der Waals surface area (Å²) in [5.41, 5.74) is -0.119. The monoisotopic (exact) mass is 241 g/mol. The molecule has 1 atom stereocenters. The van der Waals surface area contributed by atoms with Crippen LogP contribution in [0.4, 0.5) is 5.69 Å². The highest BCUT2D eigenvalue weighted by Crippen LogP contribution is 2.26. The number of carbonyl (C=O) groups excluding carboxylic acids is 1. The summed E-state index contributed by atoms with van der Waals surface area (Å²) in [4.78, 5) is 20.7. The van der Waals surface area contributed by atoms with Crippen molar-refractivity contribution in [2.24, 2.45) is 0 Å². The van der Waals surface area contributed by atoms with E-state index in [9.17, 15) is 25.1 Å². The molecule has 0 unspecified atom stereocenters. The smallest absolute Gasteiger partial charge is 0.335 e. The Labute approximate surface area is 96.4 Å². The molecule has 1 aromatic carbocycles. The summed E-state index contributed by atoms with van der Waals surface area (Å²) in [6.45, 7) is 0. The SMILES string of the molecule is COC(=O)[C@@H](O)Cc1ccc(O)c([N+](=O)[O-])c1. The number of aliphatic hydroxyl groups excluding tert-OH is 1. The van der Waals surface area contributed by atoms with E-state index in [1.807, 2.05) is 0 Å². The van der Waals surface area contributed by atoms with E-state index in [1.54, 1.807) is 0 Å². The molecular formula is C10H11NO6. The minimum absolute atomic E-state index is 0.117. The molecule has 0 aliphatic carbocycles. The summed E-state index contributed by atoms with van der Waals surface area (Å²) >= 11 is 0. The first-order valence-electron chi connectivity index (χ1n) is 4.68. The van der Waals surface area contributed by atoms with Gasteiger partial charge in [0.15, 0.2) is 11.9 Å². The van der Waals surface area contributed by atoms with Crippen LogP contribution in [0.1, 0.15) is 5.56 Å². The Hall–Kier alpha value is -2.15. The molecular weight excluding hydrogens is 230 g/mol. The molecule has 2 N–H and O–H groups in total. The van der Waals surface area contributed by atoms with Crippen molar-refractivity contribution in [2.75, 3.05) is 7.11 Å². The lowest BCUT2D eigenvalue weighted by atomic mass is 10.1. The van der Waals surface area contributed by atoms with Gasteiger partial charge in [0.05, 0.1) is 12.0 Å². The van der Waals surface area contributed by atoms with Crippen molar-refractivity contribution < 1.29 is 24.7 Å². The van der Waals surface area contributed by atoms with Crippen LogP contribution in [0.5, 0.6) is 5.75 Å². The van der Waals surface area contributed by atoms with Crippen LogP contribution >= 0.6 is 0 Å². The maximum absolute atomic E-state index is 10.9. The molecule has 0 radical (unpaired) electrons. The average molecular weight is 241 g/mol. The summed E-state index contributed by atoms with van der Waals surface area (Å²) in [5, 5.41) is 29.1. The quantitative estimate of drug-likeness (QED) is 0.448. The number of hydrogen-bond donors (Lipinski definition) is 2. The van der Waals surface area contributed by atoms with Crippen LogP contribution in [0.25, 0.3) is 0 Å². The molecule has 7 heteroatoms. The number of hydrogen-bond acceptors (Lipinski definition) is 6. The van der Waals surface area contributed by atoms with E-state index >= 15 is 0 Å². The molecule has 92 valence electrons. The van der Waals surface area contributed by atoms with Crippen molar-refractivity contribution in [3.8, 4) is 5.75 Å². The van der Waals surface area contributed by atoms with Gasteiger partial charge in [-0.05, 0) is 11.6 Å². The number of phenolic OH excluding ortho intramolecular Hbond substituents is 1. The van der Waals surface area contributed by atoms with E-state index in [0.717, 1.165) is 19.2 Å². The Balaban J connectivity index is 2.90. The van der Waals surface area contributed by atoms with Crippen LogP contribution in [-0.2, 0) is 16.0 Å². The summed E-state index contributed by atoms with van der Waals surface area (Å²) in [6.07, 6.45) is -1.50. The van der Waals surface area contributed by atoms with Crippen LogP contribution < -0.4 is 0 Å². The van der Waals surface area contributed by atoms with Crippen LogP contribution in [0, 0.1) is 10.1 Å². The van der Waals surface area contributed by atoms with Crippen molar-refractivity contribution >= 4 is 11.7 Å². The van der Waals surface area contributed by atoms with Crippen molar-refractivity contribution in [3.05, 3.63) is 33.9 Å². The van der Waals surface area contributed by atoms with Crippen LogP contribution in [0.2, 0.25) is 0 Å². The zero-order valence-corrected chi connectivity index (χ0v) is 8.99. The number of nitro benzene ring substituents is 1. The van der Waals surface area contributed by atoms with Gasteiger partial charge in [-0.25, -0.2) is 4.79 Å². The van der Waals surface area contributed by atoms with Gasteiger partial charge in [-0.2, -0.15) is 0 Å². The Morgan fingerprint density at radius 1 is 1.59 bits per heavy atom. The fraction of sp³-hybridized carbons (Fsp3) is 0.300. The number of aliphatic hydroxyl groups is 1. The summed E-state index contributed by atoms with van der Waals surface area (Å²) in [5.74, 6) is -1.29. The molecule has 0 spiro atoms. The highest BCUT2D eigenvalue weighted by atomic mass is 16.6. The third kappa shape index (κ3) is 3.15. The van der Waals surface area contributed by atoms with Crippen molar-refractivity contribution in [2.45, 2.75) is 12.5 Å². The number of nitro groups is 1. The zero-order chi connectivity index (χ0) is 13.0. The predicted molar refractivity (Wildman–Crippen MR) is 56.5 cm³/mol. The Morgan fingerprint density at radius 3 is 2.76 bits per heavy atom. The molecule has 0 bridgehead atoms. The molecule has 0 saturated heterocycles. The molecule has 0 aromatic heterocycles. The van der Waals surface area contributed by atoms with Crippen molar-refractivity contribution in [1.82, 2.24) is 0 Å². The van der Waals surface area contributed by atoms with Gasteiger partial charge in [-0.1, -0.05) is 6.07 Å². The molecule has 0 saturated carbocycles. The number of rotatable bonds is 4. The molecule has 7 nitrogen and oxygen atoms in total. The lowest BCUT2D eigenvalue weighted by molar-refractivity contribution is -0.385. The van der Waals surface area contributed by atoms with Gasteiger partial charge in [-0.3, -0.25) is 10.1 Å². The number of nitrogens with zero attached hydrogens (tertiary/aromatic N) is 1. The number of ether oxygens (including phenoxy) is 1. The normalized spacial score (nSPS) is 11.9. The fourth-order valence-electron chi connectivity index (χ4n) is 1.28. The first kappa shape index (κ1) is 12.9. The maximum Gasteiger partial charge on any atom is 0.335 e. The van der Waals surface area contributed by atoms with Crippen LogP contribution in [-0.4, -0.2) is 34.3 Å². The van der Waals surface area contributed by atoms with Gasteiger partial charge in [-0.15, -0.1) is 0 Å². The molecule has 0 aliphatic rings. The number of methoxy groups -OCH3 is 1. The number of carbonyl (C=O) groups is 1. The van der Waals surface area contributed by atoms with Gasteiger partial charge >= 0.3 is 11.7 Å². The first-order chi connectivity index (χ1) is 7.95. The maximum atomic E-state index is 10.9. The van der Waals surface area contributed by atoms with Gasteiger partial charge in [0.25, 0.3) is 0 Å². The molecule has 1 rings (SSSR count). The Morgan fingerprint density at radius 2 is 2.24 bits per heavy atom. The molecule has 0 amide bonds. The fourth-order valence-corrected chi connectivity index (χ4v) is 1.28. The number of esters is 1. The minimum Gasteiger partial charge on any atom is -0.502 e. The Kier molecular flexibility index (Phi) is 4.00. The standard InChI is InChI=1S/C10H11NO6/c1-17-10(14)9(13)5-6-2-3-8(12)7(4-6)11(15)16/h2-4,9,12-13H,5H2,1H3/t9-/m0/s1. The number of benzene rings is 1. The number of aromatic hydroxyl groups is 1. The lowest BCUT2D eigenvalue weighted by Gasteiger charge is -2.08. The van der Waals surface area contributed by atoms with Crippen LogP contribution in [0.15, 0.2) is 18.2 Å². The first-order valence-corrected chi connectivity index (χ1v) is 4.68. The van der Waals surface area contributed by atoms with Crippen LogP contribution in [0.3, 0.4) is 0 Å². The zero-order valence-electron chi connectivity index (χ0n) is 8.99. The van der Waals surface area contributed by atoms with E-state index in [4.69, 9.17) is 0 Å². The van der Waals surface area contributed by atoms with E-state index < -0.39 is 28.4 Å². The molecule has 0 fully saturated rings. The largest absolute Gasteiger partial charge is 0.502 e. The minimum atomic E-state index is -1.39. The van der Waals surface area contributed by atoms with Gasteiger partial charge in [0.2, 0.25) is 0 Å². The number of phenols is 1. The lowest BCUT2D eigenvalue weighted by Crippen LogP contribution is -2.24. The second-order valence-electron chi connectivity index (χ2n) is 3.32. The van der Waals surface area contributed by atoms with E-state index in [2.05, 4.69) is 4.74 Å². The highest BCUT2D eigenvalue weighted by Gasteiger charge is 2.19. The van der Waals surface area contributed by atoms with E-state index in [1.165, 1.54) is 6.07 Å².